The molecule has 1 unspecified atom stereocenters. The molecule has 2 N–H and O–H groups in total. The van der Waals surface area contributed by atoms with E-state index >= 15 is 0 Å². The second-order valence-electron chi connectivity index (χ2n) is 2.01. The van der Waals surface area contributed by atoms with Crippen LogP contribution < -0.4 is 0 Å². The van der Waals surface area contributed by atoms with Gasteiger partial charge in [0.05, 0.1) is 13.5 Å². The van der Waals surface area contributed by atoms with Crippen LogP contribution in [0.2, 0.25) is 0 Å². The van der Waals surface area contributed by atoms with E-state index < -0.39 is 30.2 Å². The number of carbonyl (C=O) groups excluding carboxylic acids is 1. The standard InChI is InChI=1S/C6H8O6/c1-12-6(11)3(5(9)10)2-4(7)8/h3H,2H2,1H3,(H,7,8)(H,9,10). The zero-order chi connectivity index (χ0) is 9.72. The van der Waals surface area contributed by atoms with Gasteiger partial charge in [-0.1, -0.05) is 0 Å². The minimum Gasteiger partial charge on any atom is -0.481 e. The lowest BCUT2D eigenvalue weighted by molar-refractivity contribution is -0.160. The van der Waals surface area contributed by atoms with E-state index in [-0.39, 0.29) is 0 Å². The number of hydrogen-bond donors (Lipinski definition) is 2. The number of carboxylic acid groups (broad SMARTS) is 2. The van der Waals surface area contributed by atoms with Crippen LogP contribution in [0, 0.1) is 5.92 Å². The molecule has 6 nitrogen and oxygen atoms in total. The Morgan fingerprint density at radius 3 is 2.08 bits per heavy atom. The van der Waals surface area contributed by atoms with Crippen molar-refractivity contribution in [2.45, 2.75) is 6.42 Å². The molecule has 0 aromatic rings. The summed E-state index contributed by atoms with van der Waals surface area (Å²) < 4.78 is 4.09. The number of rotatable bonds is 4. The maximum absolute atomic E-state index is 10.6. The lowest BCUT2D eigenvalue weighted by atomic mass is 10.1. The van der Waals surface area contributed by atoms with Gasteiger partial charge in [-0.3, -0.25) is 14.4 Å². The van der Waals surface area contributed by atoms with Gasteiger partial charge in [-0.05, 0) is 0 Å². The summed E-state index contributed by atoms with van der Waals surface area (Å²) in [6.07, 6.45) is -0.762. The van der Waals surface area contributed by atoms with Gasteiger partial charge in [0.1, 0.15) is 0 Å². The van der Waals surface area contributed by atoms with Crippen LogP contribution in [-0.2, 0) is 19.1 Å². The summed E-state index contributed by atoms with van der Waals surface area (Å²) in [6, 6.07) is 0. The fraction of sp³-hybridized carbons (Fsp3) is 0.500. The molecule has 0 fully saturated rings. The van der Waals surface area contributed by atoms with Crippen molar-refractivity contribution in [2.75, 3.05) is 7.11 Å². The van der Waals surface area contributed by atoms with E-state index in [1.807, 2.05) is 0 Å². The van der Waals surface area contributed by atoms with Crippen LogP contribution in [0.4, 0.5) is 0 Å². The van der Waals surface area contributed by atoms with Crippen molar-refractivity contribution >= 4 is 17.9 Å². The molecule has 1 atom stereocenters. The number of carboxylic acids is 2. The van der Waals surface area contributed by atoms with Gasteiger partial charge >= 0.3 is 17.9 Å². The Morgan fingerprint density at radius 2 is 1.83 bits per heavy atom. The zero-order valence-corrected chi connectivity index (χ0v) is 6.31. The Morgan fingerprint density at radius 1 is 1.33 bits per heavy atom. The molecule has 0 spiro atoms. The van der Waals surface area contributed by atoms with Gasteiger partial charge < -0.3 is 14.9 Å². The van der Waals surface area contributed by atoms with Crippen LogP contribution >= 0.6 is 0 Å². The molecule has 0 aromatic heterocycles. The molecule has 0 aliphatic heterocycles. The highest BCUT2D eigenvalue weighted by Crippen LogP contribution is 2.05. The lowest BCUT2D eigenvalue weighted by Crippen LogP contribution is -2.27. The highest BCUT2D eigenvalue weighted by molar-refractivity contribution is 5.96. The fourth-order valence-electron chi connectivity index (χ4n) is 0.588. The average molecular weight is 176 g/mol. The van der Waals surface area contributed by atoms with Crippen LogP contribution in [0.3, 0.4) is 0 Å². The Balaban J connectivity index is 4.33. The summed E-state index contributed by atoms with van der Waals surface area (Å²) in [5.41, 5.74) is 0. The van der Waals surface area contributed by atoms with Gasteiger partial charge in [0.25, 0.3) is 0 Å². The van der Waals surface area contributed by atoms with Crippen LogP contribution in [0.1, 0.15) is 6.42 Å². The van der Waals surface area contributed by atoms with Crippen molar-refractivity contribution in [1.29, 1.82) is 0 Å². The molecule has 0 bridgehead atoms. The lowest BCUT2D eigenvalue weighted by Gasteiger charge is -2.05. The topological polar surface area (TPSA) is 101 Å². The molecule has 6 heteroatoms. The average Bonchev–Trinajstić information content (AvgIpc) is 1.98. The van der Waals surface area contributed by atoms with E-state index in [0.717, 1.165) is 7.11 Å². The molecule has 0 aliphatic carbocycles. The first kappa shape index (κ1) is 10.4. The fourth-order valence-corrected chi connectivity index (χ4v) is 0.588. The molecule has 0 heterocycles. The molecule has 0 saturated heterocycles. The van der Waals surface area contributed by atoms with E-state index in [1.54, 1.807) is 0 Å². The number of methoxy groups -OCH3 is 1. The largest absolute Gasteiger partial charge is 0.481 e. The Hall–Kier alpha value is -1.59. The number of carbonyl (C=O) groups is 3. The smallest absolute Gasteiger partial charge is 0.320 e. The summed E-state index contributed by atoms with van der Waals surface area (Å²) >= 11 is 0. The van der Waals surface area contributed by atoms with Gasteiger partial charge in [-0.2, -0.15) is 0 Å². The zero-order valence-electron chi connectivity index (χ0n) is 6.31. The molecular weight excluding hydrogens is 168 g/mol. The summed E-state index contributed by atoms with van der Waals surface area (Å²) in [7, 11) is 1.00. The molecule has 0 radical (unpaired) electrons. The Labute approximate surface area is 67.8 Å². The number of esters is 1. The summed E-state index contributed by atoms with van der Waals surface area (Å²) in [6.45, 7) is 0. The Bertz CT molecular complexity index is 208. The van der Waals surface area contributed by atoms with Crippen molar-refractivity contribution < 1.29 is 29.3 Å². The number of aliphatic carboxylic acids is 2. The molecule has 0 amide bonds. The number of hydrogen-bond acceptors (Lipinski definition) is 4. The summed E-state index contributed by atoms with van der Waals surface area (Å²) in [4.78, 5) is 31.0. The van der Waals surface area contributed by atoms with Gasteiger partial charge in [0.2, 0.25) is 0 Å². The van der Waals surface area contributed by atoms with E-state index in [9.17, 15) is 14.4 Å². The highest BCUT2D eigenvalue weighted by atomic mass is 16.5. The first-order chi connectivity index (χ1) is 5.49. The van der Waals surface area contributed by atoms with Crippen LogP contribution in [0.5, 0.6) is 0 Å². The third kappa shape index (κ3) is 3.00. The molecule has 0 aromatic carbocycles. The molecule has 12 heavy (non-hydrogen) atoms. The van der Waals surface area contributed by atoms with E-state index in [1.165, 1.54) is 0 Å². The summed E-state index contributed by atoms with van der Waals surface area (Å²) in [5.74, 6) is -5.52. The minimum atomic E-state index is -1.62. The SMILES string of the molecule is COC(=O)C(CC(=O)O)C(=O)O. The van der Waals surface area contributed by atoms with Crippen molar-refractivity contribution in [2.24, 2.45) is 5.92 Å². The predicted molar refractivity (Wildman–Crippen MR) is 35.4 cm³/mol. The van der Waals surface area contributed by atoms with Crippen molar-refractivity contribution in [3.8, 4) is 0 Å². The molecule has 0 rings (SSSR count). The van der Waals surface area contributed by atoms with Crippen LogP contribution in [-0.4, -0.2) is 35.2 Å². The maximum Gasteiger partial charge on any atom is 0.320 e. The minimum absolute atomic E-state index is 0.762. The van der Waals surface area contributed by atoms with Crippen LogP contribution in [0.15, 0.2) is 0 Å². The van der Waals surface area contributed by atoms with Crippen molar-refractivity contribution in [3.63, 3.8) is 0 Å². The van der Waals surface area contributed by atoms with Gasteiger partial charge in [0, 0.05) is 0 Å². The van der Waals surface area contributed by atoms with Crippen molar-refractivity contribution in [1.82, 2.24) is 0 Å². The molecular formula is C6H8O6. The highest BCUT2D eigenvalue weighted by Gasteiger charge is 2.29. The predicted octanol–water partition coefficient (Wildman–Crippen LogP) is -0.665. The van der Waals surface area contributed by atoms with Crippen molar-refractivity contribution in [3.05, 3.63) is 0 Å². The normalized spacial score (nSPS) is 11.8. The second-order valence-corrected chi connectivity index (χ2v) is 2.01. The second kappa shape index (κ2) is 4.32. The van der Waals surface area contributed by atoms with Gasteiger partial charge in [-0.15, -0.1) is 0 Å². The number of ether oxygens (including phenoxy) is 1. The van der Waals surface area contributed by atoms with Crippen LogP contribution in [0.25, 0.3) is 0 Å². The van der Waals surface area contributed by atoms with E-state index in [4.69, 9.17) is 10.2 Å². The van der Waals surface area contributed by atoms with Gasteiger partial charge in [-0.25, -0.2) is 0 Å². The third-order valence-corrected chi connectivity index (χ3v) is 1.16. The van der Waals surface area contributed by atoms with E-state index in [0.29, 0.717) is 0 Å². The Kier molecular flexibility index (Phi) is 3.75. The van der Waals surface area contributed by atoms with Gasteiger partial charge in [0.15, 0.2) is 5.92 Å². The molecule has 68 valence electrons. The first-order valence-corrected chi connectivity index (χ1v) is 3.01. The molecule has 0 aliphatic rings. The monoisotopic (exact) mass is 176 g/mol. The first-order valence-electron chi connectivity index (χ1n) is 3.01. The van der Waals surface area contributed by atoms with E-state index in [2.05, 4.69) is 4.74 Å². The maximum atomic E-state index is 10.6. The molecule has 0 saturated carbocycles. The quantitative estimate of drug-likeness (QED) is 0.435. The third-order valence-electron chi connectivity index (χ3n) is 1.16. The summed E-state index contributed by atoms with van der Waals surface area (Å²) in [5, 5.41) is 16.6.